The van der Waals surface area contributed by atoms with Gasteiger partial charge in [0.15, 0.2) is 0 Å². The van der Waals surface area contributed by atoms with Crippen molar-refractivity contribution in [3.8, 4) is 11.1 Å². The molecular weight excluding hydrogens is 288 g/mol. The van der Waals surface area contributed by atoms with Crippen LogP contribution in [-0.2, 0) is 10.8 Å². The molecule has 0 fully saturated rings. The van der Waals surface area contributed by atoms with Crippen molar-refractivity contribution < 1.29 is 0 Å². The fourth-order valence-electron chi connectivity index (χ4n) is 5.22. The number of rotatable bonds is 0. The van der Waals surface area contributed by atoms with Crippen LogP contribution < -0.4 is 0 Å². The number of hydrogen-bond acceptors (Lipinski definition) is 0. The van der Waals surface area contributed by atoms with Gasteiger partial charge < -0.3 is 0 Å². The predicted molar refractivity (Wildman–Crippen MR) is 102 cm³/mol. The van der Waals surface area contributed by atoms with Gasteiger partial charge in [0, 0.05) is 10.8 Å². The molecule has 0 heterocycles. The van der Waals surface area contributed by atoms with E-state index in [4.69, 9.17) is 0 Å². The van der Waals surface area contributed by atoms with Gasteiger partial charge in [-0.05, 0) is 63.9 Å². The molecule has 3 aliphatic rings. The molecule has 0 aliphatic heterocycles. The first-order valence-electron chi connectivity index (χ1n) is 9.12. The van der Waals surface area contributed by atoms with Gasteiger partial charge >= 0.3 is 0 Å². The summed E-state index contributed by atoms with van der Waals surface area (Å²) in [5.74, 6) is 0. The van der Waals surface area contributed by atoms with Gasteiger partial charge in [-0.15, -0.1) is 0 Å². The molecule has 0 atom stereocenters. The minimum Gasteiger partial charge on any atom is -0.0836 e. The molecule has 0 spiro atoms. The van der Waals surface area contributed by atoms with Crippen LogP contribution in [0.15, 0.2) is 54.1 Å². The lowest BCUT2D eigenvalue weighted by Gasteiger charge is -2.26. The van der Waals surface area contributed by atoms with Gasteiger partial charge in [0.05, 0.1) is 0 Å². The Morgan fingerprint density at radius 3 is 2.29 bits per heavy atom. The fourth-order valence-corrected chi connectivity index (χ4v) is 5.22. The minimum atomic E-state index is 0.0901. The lowest BCUT2D eigenvalue weighted by atomic mass is 9.77. The summed E-state index contributed by atoms with van der Waals surface area (Å²) in [6.45, 7) is 9.56. The van der Waals surface area contributed by atoms with E-state index in [-0.39, 0.29) is 10.8 Å². The smallest absolute Gasteiger partial charge is 0.0159 e. The molecule has 0 saturated carbocycles. The zero-order chi connectivity index (χ0) is 16.7. The average Bonchev–Trinajstić information content (AvgIpc) is 2.95. The summed E-state index contributed by atoms with van der Waals surface area (Å²) in [6.07, 6.45) is 7.10. The molecular formula is C24H24. The molecule has 0 unspecified atom stereocenters. The molecule has 0 amide bonds. The maximum atomic E-state index is 2.50. The third-order valence-electron chi connectivity index (χ3n) is 6.61. The lowest BCUT2D eigenvalue weighted by molar-refractivity contribution is 0.606. The Bertz CT molecular complexity index is 948. The molecule has 0 bridgehead atoms. The molecule has 0 radical (unpaired) electrons. The van der Waals surface area contributed by atoms with Gasteiger partial charge in [-0.3, -0.25) is 0 Å². The van der Waals surface area contributed by atoms with Crippen LogP contribution in [0.3, 0.4) is 0 Å². The summed E-state index contributed by atoms with van der Waals surface area (Å²) in [7, 11) is 0. The Balaban J connectivity index is 1.83. The topological polar surface area (TPSA) is 0 Å². The van der Waals surface area contributed by atoms with Gasteiger partial charge in [0.1, 0.15) is 0 Å². The highest BCUT2D eigenvalue weighted by atomic mass is 14.4. The molecule has 0 N–H and O–H groups in total. The Morgan fingerprint density at radius 1 is 0.750 bits per heavy atom. The Morgan fingerprint density at radius 2 is 1.46 bits per heavy atom. The molecule has 120 valence electrons. The zero-order valence-electron chi connectivity index (χ0n) is 15.0. The van der Waals surface area contributed by atoms with E-state index < -0.39 is 0 Å². The van der Waals surface area contributed by atoms with Gasteiger partial charge in [0.2, 0.25) is 0 Å². The number of benzene rings is 2. The van der Waals surface area contributed by atoms with Crippen LogP contribution in [0.4, 0.5) is 0 Å². The summed E-state index contributed by atoms with van der Waals surface area (Å²) in [6, 6.07) is 14.0. The first kappa shape index (κ1) is 14.3. The molecule has 0 heteroatoms. The summed E-state index contributed by atoms with van der Waals surface area (Å²) in [5, 5.41) is 0. The van der Waals surface area contributed by atoms with Crippen molar-refractivity contribution in [3.63, 3.8) is 0 Å². The molecule has 0 saturated heterocycles. The van der Waals surface area contributed by atoms with Crippen LogP contribution >= 0.6 is 0 Å². The largest absolute Gasteiger partial charge is 0.0836 e. The van der Waals surface area contributed by atoms with Crippen molar-refractivity contribution in [2.45, 2.75) is 51.4 Å². The maximum absolute atomic E-state index is 2.50. The maximum Gasteiger partial charge on any atom is 0.0159 e. The second kappa shape index (κ2) is 4.30. The number of fused-ring (bicyclic) bond motifs is 5. The monoisotopic (exact) mass is 312 g/mol. The van der Waals surface area contributed by atoms with E-state index in [1.807, 2.05) is 0 Å². The standard InChI is InChI=1S/C24H24/c1-23(2)19-11-7-5-9-15(19)17-14-22-18(13-21(17)23)16-10-6-8-12-20(16)24(22,3)4/h5-7,9-11,13-14H,8,12H2,1-4H3. The van der Waals surface area contributed by atoms with E-state index in [9.17, 15) is 0 Å². The SMILES string of the molecule is CC1(C)C2=C(C=CCC2)c2cc3c(cc21)-c1ccccc1C3(C)C. The Hall–Kier alpha value is -2.08. The lowest BCUT2D eigenvalue weighted by Crippen LogP contribution is -2.18. The molecule has 2 aromatic carbocycles. The predicted octanol–water partition coefficient (Wildman–Crippen LogP) is 6.39. The van der Waals surface area contributed by atoms with E-state index >= 15 is 0 Å². The van der Waals surface area contributed by atoms with Crippen LogP contribution in [0.1, 0.15) is 62.8 Å². The highest BCUT2D eigenvalue weighted by Crippen LogP contribution is 2.55. The van der Waals surface area contributed by atoms with Crippen LogP contribution in [0.2, 0.25) is 0 Å². The van der Waals surface area contributed by atoms with Gasteiger partial charge in [-0.1, -0.05) is 69.7 Å². The minimum absolute atomic E-state index is 0.0901. The van der Waals surface area contributed by atoms with E-state index in [1.54, 1.807) is 5.57 Å². The third kappa shape index (κ3) is 1.55. The summed E-state index contributed by atoms with van der Waals surface area (Å²) in [5.41, 5.74) is 12.2. The number of hydrogen-bond donors (Lipinski definition) is 0. The van der Waals surface area contributed by atoms with E-state index in [0.717, 1.165) is 0 Å². The van der Waals surface area contributed by atoms with Crippen LogP contribution in [-0.4, -0.2) is 0 Å². The first-order valence-corrected chi connectivity index (χ1v) is 9.12. The van der Waals surface area contributed by atoms with Crippen molar-refractivity contribution in [1.29, 1.82) is 0 Å². The number of allylic oxidation sites excluding steroid dienone is 4. The molecule has 0 nitrogen and oxygen atoms in total. The second-order valence-corrected chi connectivity index (χ2v) is 8.57. The van der Waals surface area contributed by atoms with E-state index in [2.05, 4.69) is 76.2 Å². The second-order valence-electron chi connectivity index (χ2n) is 8.57. The van der Waals surface area contributed by atoms with Crippen LogP contribution in [0.25, 0.3) is 16.7 Å². The van der Waals surface area contributed by atoms with Crippen LogP contribution in [0.5, 0.6) is 0 Å². The summed E-state index contributed by atoms with van der Waals surface area (Å²) < 4.78 is 0. The average molecular weight is 312 g/mol. The van der Waals surface area contributed by atoms with Crippen molar-refractivity contribution in [2.24, 2.45) is 0 Å². The fraction of sp³-hybridized carbons (Fsp3) is 0.333. The van der Waals surface area contributed by atoms with Gasteiger partial charge in [0.25, 0.3) is 0 Å². The highest BCUT2D eigenvalue weighted by Gasteiger charge is 2.42. The molecule has 24 heavy (non-hydrogen) atoms. The Kier molecular flexibility index (Phi) is 2.56. The van der Waals surface area contributed by atoms with Gasteiger partial charge in [-0.2, -0.15) is 0 Å². The van der Waals surface area contributed by atoms with Crippen LogP contribution in [0, 0.1) is 0 Å². The normalized spacial score (nSPS) is 21.3. The van der Waals surface area contributed by atoms with Crippen molar-refractivity contribution in [1.82, 2.24) is 0 Å². The highest BCUT2D eigenvalue weighted by molar-refractivity contribution is 5.91. The molecule has 5 rings (SSSR count). The third-order valence-corrected chi connectivity index (χ3v) is 6.61. The molecule has 0 aromatic heterocycles. The summed E-state index contributed by atoms with van der Waals surface area (Å²) in [4.78, 5) is 0. The van der Waals surface area contributed by atoms with Crippen molar-refractivity contribution >= 4 is 5.57 Å². The quantitative estimate of drug-likeness (QED) is 0.529. The van der Waals surface area contributed by atoms with Crippen molar-refractivity contribution in [3.05, 3.63) is 76.4 Å². The molecule has 2 aromatic rings. The van der Waals surface area contributed by atoms with E-state index in [1.165, 1.54) is 51.8 Å². The van der Waals surface area contributed by atoms with Crippen molar-refractivity contribution in [2.75, 3.05) is 0 Å². The Labute approximate surface area is 144 Å². The van der Waals surface area contributed by atoms with E-state index in [0.29, 0.717) is 0 Å². The first-order chi connectivity index (χ1) is 11.4. The summed E-state index contributed by atoms with van der Waals surface area (Å²) >= 11 is 0. The molecule has 3 aliphatic carbocycles. The zero-order valence-corrected chi connectivity index (χ0v) is 15.0. The van der Waals surface area contributed by atoms with Gasteiger partial charge in [-0.25, -0.2) is 0 Å².